The minimum atomic E-state index is 0.146. The van der Waals surface area contributed by atoms with Crippen LogP contribution < -0.4 is 0 Å². The first-order valence-electron chi connectivity index (χ1n) is 4.76. The molecule has 2 rings (SSSR count). The molecule has 0 aliphatic carbocycles. The Morgan fingerprint density at radius 1 is 1.21 bits per heavy atom. The Labute approximate surface area is 88.4 Å². The van der Waals surface area contributed by atoms with Gasteiger partial charge in [-0.25, -0.2) is 0 Å². The highest BCUT2D eigenvalue weighted by Gasteiger charge is 2.05. The maximum atomic E-state index is 11.1. The van der Waals surface area contributed by atoms with E-state index in [-0.39, 0.29) is 5.78 Å². The maximum absolute atomic E-state index is 11.1. The van der Waals surface area contributed by atoms with Crippen molar-refractivity contribution in [3.05, 3.63) is 35.2 Å². The molecule has 0 fully saturated rings. The van der Waals surface area contributed by atoms with Crippen molar-refractivity contribution in [2.75, 3.05) is 0 Å². The van der Waals surface area contributed by atoms with Gasteiger partial charge in [0, 0.05) is 21.0 Å². The van der Waals surface area contributed by atoms with E-state index >= 15 is 0 Å². The Balaban J connectivity index is 0.000000461. The van der Waals surface area contributed by atoms with Gasteiger partial charge in [-0.15, -0.1) is 11.3 Å². The predicted molar refractivity (Wildman–Crippen MR) is 63.2 cm³/mol. The molecule has 1 heterocycles. The van der Waals surface area contributed by atoms with Crippen LogP contribution in [0.2, 0.25) is 0 Å². The molecule has 0 radical (unpaired) electrons. The molecule has 0 saturated heterocycles. The van der Waals surface area contributed by atoms with E-state index in [4.69, 9.17) is 0 Å². The summed E-state index contributed by atoms with van der Waals surface area (Å²) in [6.45, 7) is 5.61. The highest BCUT2D eigenvalue weighted by molar-refractivity contribution is 7.17. The first kappa shape index (κ1) is 10.9. The van der Waals surface area contributed by atoms with E-state index in [1.165, 1.54) is 4.70 Å². The molecule has 0 bridgehead atoms. The summed E-state index contributed by atoms with van der Waals surface area (Å²) >= 11 is 1.62. The van der Waals surface area contributed by atoms with Gasteiger partial charge in [0.1, 0.15) is 0 Å². The molecule has 1 aromatic heterocycles. The Morgan fingerprint density at radius 2 is 1.86 bits per heavy atom. The number of fused-ring (bicyclic) bond motifs is 1. The Hall–Kier alpha value is -1.15. The number of Topliss-reactive ketones (excluding diaryl/α,β-unsaturated/α-hetero) is 1. The minimum Gasteiger partial charge on any atom is -0.294 e. The van der Waals surface area contributed by atoms with Crippen LogP contribution >= 0.6 is 11.3 Å². The minimum absolute atomic E-state index is 0.146. The summed E-state index contributed by atoms with van der Waals surface area (Å²) in [5.41, 5.74) is 0.843. The van der Waals surface area contributed by atoms with Gasteiger partial charge in [-0.1, -0.05) is 32.0 Å². The monoisotopic (exact) mass is 206 g/mol. The lowest BCUT2D eigenvalue weighted by atomic mass is 10.1. The fourth-order valence-electron chi connectivity index (χ4n) is 1.25. The summed E-state index contributed by atoms with van der Waals surface area (Å²) in [6, 6.07) is 7.97. The Kier molecular flexibility index (Phi) is 3.84. The van der Waals surface area contributed by atoms with Crippen LogP contribution in [0.4, 0.5) is 0 Å². The average Bonchev–Trinajstić information content (AvgIpc) is 2.64. The van der Waals surface area contributed by atoms with E-state index < -0.39 is 0 Å². The van der Waals surface area contributed by atoms with Crippen molar-refractivity contribution in [3.63, 3.8) is 0 Å². The van der Waals surface area contributed by atoms with E-state index in [0.717, 1.165) is 10.9 Å². The molecule has 0 aliphatic rings. The number of hydrogen-bond donors (Lipinski definition) is 0. The van der Waals surface area contributed by atoms with Crippen LogP contribution in [0.1, 0.15) is 31.1 Å². The highest BCUT2D eigenvalue weighted by Crippen LogP contribution is 2.25. The maximum Gasteiger partial charge on any atom is 0.161 e. The van der Waals surface area contributed by atoms with Crippen molar-refractivity contribution >= 4 is 27.2 Å². The summed E-state index contributed by atoms with van der Waals surface area (Å²) < 4.78 is 1.18. The van der Waals surface area contributed by atoms with Gasteiger partial charge in [-0.3, -0.25) is 4.79 Å². The van der Waals surface area contributed by atoms with Crippen LogP contribution in [-0.2, 0) is 0 Å². The van der Waals surface area contributed by atoms with Crippen molar-refractivity contribution in [1.29, 1.82) is 0 Å². The fraction of sp³-hybridized carbons (Fsp3) is 0.250. The van der Waals surface area contributed by atoms with Crippen molar-refractivity contribution in [3.8, 4) is 0 Å². The van der Waals surface area contributed by atoms with E-state index in [2.05, 4.69) is 0 Å². The van der Waals surface area contributed by atoms with Crippen LogP contribution in [0, 0.1) is 0 Å². The lowest BCUT2D eigenvalue weighted by Crippen LogP contribution is -1.87. The summed E-state index contributed by atoms with van der Waals surface area (Å²) in [7, 11) is 0. The average molecular weight is 206 g/mol. The number of rotatable bonds is 1. The zero-order valence-corrected chi connectivity index (χ0v) is 9.52. The van der Waals surface area contributed by atoms with Crippen LogP contribution in [0.5, 0.6) is 0 Å². The van der Waals surface area contributed by atoms with Gasteiger partial charge in [-0.2, -0.15) is 0 Å². The third kappa shape index (κ3) is 2.02. The van der Waals surface area contributed by atoms with Crippen molar-refractivity contribution in [2.24, 2.45) is 0 Å². The van der Waals surface area contributed by atoms with Crippen LogP contribution in [0.25, 0.3) is 10.1 Å². The Bertz CT molecular complexity index is 429. The second kappa shape index (κ2) is 4.91. The van der Waals surface area contributed by atoms with Gasteiger partial charge < -0.3 is 0 Å². The number of hydrogen-bond acceptors (Lipinski definition) is 2. The van der Waals surface area contributed by atoms with E-state index in [0.29, 0.717) is 0 Å². The van der Waals surface area contributed by atoms with Crippen LogP contribution in [-0.4, -0.2) is 5.78 Å². The number of ketones is 1. The van der Waals surface area contributed by atoms with E-state index in [1.807, 2.05) is 43.5 Å². The lowest BCUT2D eigenvalue weighted by Gasteiger charge is -1.90. The number of benzene rings is 1. The molecule has 2 aromatic rings. The summed E-state index contributed by atoms with van der Waals surface area (Å²) in [5, 5.41) is 3.00. The molecule has 0 unspecified atom stereocenters. The molecule has 0 N–H and O–H groups in total. The fourth-order valence-corrected chi connectivity index (χ4v) is 2.25. The Morgan fingerprint density at radius 3 is 2.50 bits per heavy atom. The van der Waals surface area contributed by atoms with Crippen LogP contribution in [0.15, 0.2) is 29.6 Å². The lowest BCUT2D eigenvalue weighted by molar-refractivity contribution is 0.101. The normalized spacial score (nSPS) is 9.36. The standard InChI is InChI=1S/C10H8OS.C2H6/c1-7(11)9-6-12-10-5-3-2-4-8(9)10;1-2/h2-6H,1H3;1-2H3. The second-order valence-corrected chi connectivity index (χ2v) is 3.61. The quantitative estimate of drug-likeness (QED) is 0.641. The number of carbonyl (C=O) groups excluding carboxylic acids is 1. The molecule has 14 heavy (non-hydrogen) atoms. The molecule has 0 atom stereocenters. The third-order valence-electron chi connectivity index (χ3n) is 1.86. The van der Waals surface area contributed by atoms with Crippen molar-refractivity contribution in [1.82, 2.24) is 0 Å². The summed E-state index contributed by atoms with van der Waals surface area (Å²) in [4.78, 5) is 11.1. The molecule has 0 saturated carbocycles. The largest absolute Gasteiger partial charge is 0.294 e. The molecule has 1 aromatic carbocycles. The zero-order valence-electron chi connectivity index (χ0n) is 8.70. The molecule has 1 nitrogen and oxygen atoms in total. The molecular weight excluding hydrogens is 192 g/mol. The second-order valence-electron chi connectivity index (χ2n) is 2.70. The van der Waals surface area contributed by atoms with E-state index in [1.54, 1.807) is 18.3 Å². The third-order valence-corrected chi connectivity index (χ3v) is 2.82. The molecule has 0 spiro atoms. The van der Waals surface area contributed by atoms with Gasteiger partial charge >= 0.3 is 0 Å². The molecule has 74 valence electrons. The van der Waals surface area contributed by atoms with Gasteiger partial charge in [-0.05, 0) is 13.0 Å². The van der Waals surface area contributed by atoms with Gasteiger partial charge in [0.25, 0.3) is 0 Å². The molecule has 2 heteroatoms. The first-order valence-corrected chi connectivity index (χ1v) is 5.64. The topological polar surface area (TPSA) is 17.1 Å². The zero-order chi connectivity index (χ0) is 10.6. The van der Waals surface area contributed by atoms with Gasteiger partial charge in [0.2, 0.25) is 0 Å². The number of thiophene rings is 1. The van der Waals surface area contributed by atoms with Crippen LogP contribution in [0.3, 0.4) is 0 Å². The highest BCUT2D eigenvalue weighted by atomic mass is 32.1. The SMILES string of the molecule is CC.CC(=O)c1csc2ccccc12. The number of carbonyl (C=O) groups is 1. The van der Waals surface area contributed by atoms with E-state index in [9.17, 15) is 4.79 Å². The molecule has 0 aliphatic heterocycles. The van der Waals surface area contributed by atoms with Crippen molar-refractivity contribution < 1.29 is 4.79 Å². The van der Waals surface area contributed by atoms with Crippen molar-refractivity contribution in [2.45, 2.75) is 20.8 Å². The molecule has 0 amide bonds. The van der Waals surface area contributed by atoms with Gasteiger partial charge in [0.15, 0.2) is 5.78 Å². The smallest absolute Gasteiger partial charge is 0.161 e. The first-order chi connectivity index (χ1) is 6.79. The summed E-state index contributed by atoms with van der Waals surface area (Å²) in [6.07, 6.45) is 0. The van der Waals surface area contributed by atoms with Gasteiger partial charge in [0.05, 0.1) is 0 Å². The predicted octanol–water partition coefficient (Wildman–Crippen LogP) is 4.13. The summed E-state index contributed by atoms with van der Waals surface area (Å²) in [5.74, 6) is 0.146. The molecular formula is C12H14OS.